The Balaban J connectivity index is 2.14. The molecule has 1 saturated heterocycles. The third-order valence-corrected chi connectivity index (χ3v) is 5.10. The highest BCUT2D eigenvalue weighted by molar-refractivity contribution is 5.79. The molecule has 2 N–H and O–H groups in total. The van der Waals surface area contributed by atoms with E-state index in [1.165, 1.54) is 0 Å². The maximum absolute atomic E-state index is 12.3. The zero-order valence-corrected chi connectivity index (χ0v) is 12.6. The lowest BCUT2D eigenvalue weighted by Crippen LogP contribution is -2.46. The van der Waals surface area contributed by atoms with Crippen LogP contribution in [0, 0.1) is 23.2 Å². The summed E-state index contributed by atoms with van der Waals surface area (Å²) in [6, 6.07) is 0.235. The van der Waals surface area contributed by atoms with Crippen molar-refractivity contribution in [3.63, 3.8) is 0 Å². The van der Waals surface area contributed by atoms with E-state index in [-0.39, 0.29) is 23.3 Å². The number of rotatable bonds is 4. The molecule has 0 spiro atoms. The normalized spacial score (nSPS) is 36.2. The number of azide groups is 1. The molecule has 4 atom stereocenters. The Morgan fingerprint density at radius 2 is 2.25 bits per heavy atom. The first-order valence-corrected chi connectivity index (χ1v) is 7.41. The number of nitrogens with zero attached hydrogens (tertiary/aromatic N) is 4. The minimum Gasteiger partial charge on any atom is -0.339 e. The summed E-state index contributed by atoms with van der Waals surface area (Å²) in [6.45, 7) is 8.46. The fraction of sp³-hybridized carbons (Fsp3) is 0.929. The number of likely N-dealkylation sites (tertiary alicyclic amines) is 1. The van der Waals surface area contributed by atoms with Crippen molar-refractivity contribution in [2.75, 3.05) is 19.6 Å². The third kappa shape index (κ3) is 2.63. The van der Waals surface area contributed by atoms with Crippen molar-refractivity contribution in [3.8, 4) is 0 Å². The highest BCUT2D eigenvalue weighted by atomic mass is 16.2. The lowest BCUT2D eigenvalue weighted by Gasteiger charge is -2.35. The molecule has 1 aliphatic heterocycles. The van der Waals surface area contributed by atoms with Gasteiger partial charge in [-0.3, -0.25) is 4.79 Å². The van der Waals surface area contributed by atoms with E-state index in [4.69, 9.17) is 11.3 Å². The smallest absolute Gasteiger partial charge is 0.223 e. The molecule has 4 unspecified atom stereocenters. The predicted octanol–water partition coefficient (Wildman–Crippen LogP) is 2.15. The van der Waals surface area contributed by atoms with Crippen LogP contribution in [0.25, 0.3) is 10.4 Å². The minimum absolute atomic E-state index is 0.160. The van der Waals surface area contributed by atoms with E-state index in [1.807, 2.05) is 4.90 Å². The van der Waals surface area contributed by atoms with Crippen LogP contribution in [-0.4, -0.2) is 36.5 Å². The van der Waals surface area contributed by atoms with Crippen molar-refractivity contribution in [1.82, 2.24) is 4.90 Å². The lowest BCUT2D eigenvalue weighted by atomic mass is 9.80. The topological polar surface area (TPSA) is 95.1 Å². The van der Waals surface area contributed by atoms with E-state index in [1.54, 1.807) is 0 Å². The van der Waals surface area contributed by atoms with E-state index in [9.17, 15) is 4.79 Å². The summed E-state index contributed by atoms with van der Waals surface area (Å²) >= 11 is 0. The fourth-order valence-corrected chi connectivity index (χ4v) is 4.31. The third-order valence-electron chi connectivity index (χ3n) is 5.10. The SMILES string of the molecule is CC1CC(C)(C)C(CN)C1N1CC(CN=[N+]=[N-])CC1=O. The highest BCUT2D eigenvalue weighted by Crippen LogP contribution is 2.48. The summed E-state index contributed by atoms with van der Waals surface area (Å²) in [6.07, 6.45) is 1.60. The molecular formula is C14H25N5O. The highest BCUT2D eigenvalue weighted by Gasteiger charge is 2.50. The van der Waals surface area contributed by atoms with Crippen LogP contribution in [-0.2, 0) is 4.79 Å². The fourth-order valence-electron chi connectivity index (χ4n) is 4.31. The second kappa shape index (κ2) is 5.62. The maximum atomic E-state index is 12.3. The summed E-state index contributed by atoms with van der Waals surface area (Å²) < 4.78 is 0. The molecule has 0 aromatic rings. The van der Waals surface area contributed by atoms with Gasteiger partial charge in [-0.25, -0.2) is 0 Å². The van der Waals surface area contributed by atoms with Crippen LogP contribution < -0.4 is 5.73 Å². The Hall–Kier alpha value is -1.26. The van der Waals surface area contributed by atoms with Gasteiger partial charge in [-0.1, -0.05) is 25.9 Å². The molecule has 0 aromatic heterocycles. The van der Waals surface area contributed by atoms with Crippen molar-refractivity contribution in [2.24, 2.45) is 34.0 Å². The summed E-state index contributed by atoms with van der Waals surface area (Å²) in [5, 5.41) is 3.61. The standard InChI is InChI=1S/C14H25N5O/c1-9-5-14(2,3)11(6-15)13(9)19-8-10(4-12(19)20)7-17-18-16/h9-11,13H,4-8,15H2,1-3H3. The number of carbonyl (C=O) groups excluding carboxylic acids is 1. The predicted molar refractivity (Wildman–Crippen MR) is 77.7 cm³/mol. The zero-order chi connectivity index (χ0) is 14.9. The Morgan fingerprint density at radius 3 is 2.85 bits per heavy atom. The molecule has 1 saturated carbocycles. The Bertz CT molecular complexity index is 429. The molecule has 1 aliphatic carbocycles. The number of amides is 1. The second-order valence-corrected chi connectivity index (χ2v) is 7.03. The first-order valence-electron chi connectivity index (χ1n) is 7.41. The molecule has 2 aliphatic rings. The molecular weight excluding hydrogens is 254 g/mol. The number of nitrogens with two attached hydrogens (primary N) is 1. The largest absolute Gasteiger partial charge is 0.339 e. The maximum Gasteiger partial charge on any atom is 0.223 e. The number of hydrogen-bond donors (Lipinski definition) is 1. The Kier molecular flexibility index (Phi) is 4.25. The molecule has 1 amide bonds. The molecule has 1 heterocycles. The molecule has 0 bridgehead atoms. The van der Waals surface area contributed by atoms with Gasteiger partial charge in [0.1, 0.15) is 0 Å². The Labute approximate surface area is 120 Å². The summed E-state index contributed by atoms with van der Waals surface area (Å²) in [5.74, 6) is 1.17. The molecule has 0 aromatic carbocycles. The van der Waals surface area contributed by atoms with Crippen LogP contribution in [0.2, 0.25) is 0 Å². The van der Waals surface area contributed by atoms with Gasteiger partial charge in [-0.2, -0.15) is 0 Å². The average Bonchev–Trinajstić information content (AvgIpc) is 2.83. The summed E-state index contributed by atoms with van der Waals surface area (Å²) in [5.41, 5.74) is 14.6. The van der Waals surface area contributed by atoms with E-state index in [0.29, 0.717) is 37.9 Å². The van der Waals surface area contributed by atoms with Gasteiger partial charge in [0, 0.05) is 30.5 Å². The van der Waals surface area contributed by atoms with Gasteiger partial charge in [-0.05, 0) is 41.7 Å². The van der Waals surface area contributed by atoms with Gasteiger partial charge >= 0.3 is 0 Å². The number of carbonyl (C=O) groups is 1. The monoisotopic (exact) mass is 279 g/mol. The van der Waals surface area contributed by atoms with Crippen LogP contribution in [0.15, 0.2) is 5.11 Å². The second-order valence-electron chi connectivity index (χ2n) is 7.03. The van der Waals surface area contributed by atoms with Gasteiger partial charge in [0.05, 0.1) is 0 Å². The van der Waals surface area contributed by atoms with Gasteiger partial charge in [0.25, 0.3) is 0 Å². The van der Waals surface area contributed by atoms with Crippen LogP contribution in [0.4, 0.5) is 0 Å². The first-order chi connectivity index (χ1) is 9.40. The van der Waals surface area contributed by atoms with Gasteiger partial charge in [-0.15, -0.1) is 0 Å². The summed E-state index contributed by atoms with van der Waals surface area (Å²) in [7, 11) is 0. The molecule has 112 valence electrons. The molecule has 20 heavy (non-hydrogen) atoms. The van der Waals surface area contributed by atoms with Crippen molar-refractivity contribution >= 4 is 5.91 Å². The van der Waals surface area contributed by atoms with Crippen molar-refractivity contribution < 1.29 is 4.79 Å². The van der Waals surface area contributed by atoms with Crippen molar-refractivity contribution in [2.45, 2.75) is 39.7 Å². The zero-order valence-electron chi connectivity index (χ0n) is 12.6. The Morgan fingerprint density at radius 1 is 1.55 bits per heavy atom. The lowest BCUT2D eigenvalue weighted by molar-refractivity contribution is -0.131. The van der Waals surface area contributed by atoms with Crippen LogP contribution in [0.3, 0.4) is 0 Å². The van der Waals surface area contributed by atoms with E-state index >= 15 is 0 Å². The molecule has 2 rings (SSSR count). The molecule has 6 heteroatoms. The van der Waals surface area contributed by atoms with E-state index in [2.05, 4.69) is 30.8 Å². The minimum atomic E-state index is 0.160. The van der Waals surface area contributed by atoms with Gasteiger partial charge in [0.2, 0.25) is 5.91 Å². The van der Waals surface area contributed by atoms with E-state index < -0.39 is 0 Å². The molecule has 6 nitrogen and oxygen atoms in total. The molecule has 0 radical (unpaired) electrons. The van der Waals surface area contributed by atoms with Crippen molar-refractivity contribution in [3.05, 3.63) is 10.4 Å². The molecule has 2 fully saturated rings. The van der Waals surface area contributed by atoms with Gasteiger partial charge in [0.15, 0.2) is 0 Å². The van der Waals surface area contributed by atoms with Crippen LogP contribution in [0.1, 0.15) is 33.6 Å². The van der Waals surface area contributed by atoms with Gasteiger partial charge < -0.3 is 10.6 Å². The average molecular weight is 279 g/mol. The van der Waals surface area contributed by atoms with Crippen LogP contribution in [0.5, 0.6) is 0 Å². The van der Waals surface area contributed by atoms with E-state index in [0.717, 1.165) is 6.42 Å². The summed E-state index contributed by atoms with van der Waals surface area (Å²) in [4.78, 5) is 17.1. The van der Waals surface area contributed by atoms with Crippen LogP contribution >= 0.6 is 0 Å². The number of hydrogen-bond acceptors (Lipinski definition) is 3. The quantitative estimate of drug-likeness (QED) is 0.485. The first kappa shape index (κ1) is 15.1. The van der Waals surface area contributed by atoms with Crippen molar-refractivity contribution in [1.29, 1.82) is 0 Å².